The molecule has 6 nitrogen and oxygen atoms in total. The van der Waals surface area contributed by atoms with Crippen LogP contribution in [0, 0.1) is 0 Å². The molecule has 23 heavy (non-hydrogen) atoms. The van der Waals surface area contributed by atoms with E-state index in [-0.39, 0.29) is 6.04 Å². The Morgan fingerprint density at radius 2 is 1.78 bits per heavy atom. The molecule has 1 heterocycles. The number of hydrogen-bond acceptors (Lipinski definition) is 4. The number of methoxy groups -OCH3 is 1. The van der Waals surface area contributed by atoms with Crippen molar-refractivity contribution in [3.05, 3.63) is 29.8 Å². The van der Waals surface area contributed by atoms with Gasteiger partial charge in [-0.2, -0.15) is 0 Å². The van der Waals surface area contributed by atoms with Crippen molar-refractivity contribution in [1.82, 2.24) is 4.90 Å². The van der Waals surface area contributed by atoms with Gasteiger partial charge in [-0.05, 0) is 51.3 Å². The molecule has 2 atom stereocenters. The van der Waals surface area contributed by atoms with E-state index >= 15 is 0 Å². The summed E-state index contributed by atoms with van der Waals surface area (Å²) in [6.07, 6.45) is 0.400. The molecule has 126 valence electrons. The summed E-state index contributed by atoms with van der Waals surface area (Å²) >= 11 is 0. The van der Waals surface area contributed by atoms with Crippen molar-refractivity contribution in [1.29, 1.82) is 0 Å². The monoisotopic (exact) mass is 321 g/mol. The number of carboxylic acid groups (broad SMARTS) is 1. The number of amides is 1. The maximum atomic E-state index is 12.5. The molecule has 1 fully saturated rings. The van der Waals surface area contributed by atoms with Crippen LogP contribution in [0.15, 0.2) is 24.3 Å². The minimum Gasteiger partial charge on any atom is -0.497 e. The number of aliphatic carboxylic acids is 1. The highest BCUT2D eigenvalue weighted by atomic mass is 16.6. The van der Waals surface area contributed by atoms with E-state index in [1.165, 1.54) is 4.90 Å². The van der Waals surface area contributed by atoms with E-state index in [4.69, 9.17) is 9.47 Å². The predicted molar refractivity (Wildman–Crippen MR) is 84.5 cm³/mol. The van der Waals surface area contributed by atoms with Crippen LogP contribution in [0.1, 0.15) is 45.2 Å². The van der Waals surface area contributed by atoms with Gasteiger partial charge in [0.25, 0.3) is 0 Å². The Balaban J connectivity index is 2.29. The summed E-state index contributed by atoms with van der Waals surface area (Å²) in [4.78, 5) is 25.3. The van der Waals surface area contributed by atoms with Crippen LogP contribution in [0.25, 0.3) is 0 Å². The van der Waals surface area contributed by atoms with Gasteiger partial charge >= 0.3 is 12.1 Å². The van der Waals surface area contributed by atoms with Gasteiger partial charge in [-0.25, -0.2) is 9.59 Å². The van der Waals surface area contributed by atoms with Crippen molar-refractivity contribution < 1.29 is 24.2 Å². The number of nitrogens with zero attached hydrogens (tertiary/aromatic N) is 1. The molecule has 1 amide bonds. The second-order valence-corrected chi connectivity index (χ2v) is 6.61. The number of hydrogen-bond donors (Lipinski definition) is 1. The number of benzene rings is 1. The average molecular weight is 321 g/mol. The molecule has 0 unspecified atom stereocenters. The SMILES string of the molecule is COc1ccc([C@@H]2CC[C@@H](C(=O)O)N2C(=O)OC(C)(C)C)cc1. The van der Waals surface area contributed by atoms with Crippen molar-refractivity contribution in [2.45, 2.75) is 51.3 Å². The number of carboxylic acids is 1. The first kappa shape index (κ1) is 17.1. The first-order chi connectivity index (χ1) is 10.7. The van der Waals surface area contributed by atoms with Gasteiger partial charge in [0.15, 0.2) is 0 Å². The Bertz CT molecular complexity index is 576. The molecule has 6 heteroatoms. The van der Waals surface area contributed by atoms with Crippen molar-refractivity contribution in [3.8, 4) is 5.75 Å². The highest BCUT2D eigenvalue weighted by molar-refractivity contribution is 5.81. The lowest BCUT2D eigenvalue weighted by molar-refractivity contribution is -0.142. The van der Waals surface area contributed by atoms with Gasteiger partial charge in [0.05, 0.1) is 13.2 Å². The van der Waals surface area contributed by atoms with Crippen molar-refractivity contribution >= 4 is 12.1 Å². The average Bonchev–Trinajstić information content (AvgIpc) is 2.90. The Morgan fingerprint density at radius 3 is 2.26 bits per heavy atom. The van der Waals surface area contributed by atoms with E-state index in [0.29, 0.717) is 18.6 Å². The molecule has 1 saturated heterocycles. The third kappa shape index (κ3) is 3.94. The largest absolute Gasteiger partial charge is 0.497 e. The van der Waals surface area contributed by atoms with Gasteiger partial charge in [0, 0.05) is 0 Å². The maximum Gasteiger partial charge on any atom is 0.411 e. The van der Waals surface area contributed by atoms with Gasteiger partial charge in [0.1, 0.15) is 17.4 Å². The standard InChI is InChI=1S/C17H23NO5/c1-17(2,3)23-16(21)18-13(9-10-14(18)15(19)20)11-5-7-12(22-4)8-6-11/h5-8,13-14H,9-10H2,1-4H3,(H,19,20)/t13-,14-/m0/s1. The molecular formula is C17H23NO5. The van der Waals surface area contributed by atoms with E-state index in [2.05, 4.69) is 0 Å². The van der Waals surface area contributed by atoms with Crippen LogP contribution >= 0.6 is 0 Å². The highest BCUT2D eigenvalue weighted by Gasteiger charge is 2.43. The third-order valence-electron chi connectivity index (χ3n) is 3.78. The van der Waals surface area contributed by atoms with Crippen LogP contribution in [0.3, 0.4) is 0 Å². The Hall–Kier alpha value is -2.24. The predicted octanol–water partition coefficient (Wildman–Crippen LogP) is 3.22. The summed E-state index contributed by atoms with van der Waals surface area (Å²) in [5.41, 5.74) is 0.202. The van der Waals surface area contributed by atoms with Gasteiger partial charge < -0.3 is 14.6 Å². The van der Waals surface area contributed by atoms with Gasteiger partial charge in [-0.15, -0.1) is 0 Å². The lowest BCUT2D eigenvalue weighted by Gasteiger charge is -2.31. The van der Waals surface area contributed by atoms with Crippen molar-refractivity contribution in [2.24, 2.45) is 0 Å². The normalized spacial score (nSPS) is 21.1. The molecule has 1 N–H and O–H groups in total. The second-order valence-electron chi connectivity index (χ2n) is 6.61. The Kier molecular flexibility index (Phi) is 4.82. The fraction of sp³-hybridized carbons (Fsp3) is 0.529. The van der Waals surface area contributed by atoms with E-state index in [9.17, 15) is 14.7 Å². The maximum absolute atomic E-state index is 12.5. The molecule has 1 aromatic rings. The molecule has 0 aliphatic carbocycles. The lowest BCUT2D eigenvalue weighted by atomic mass is 10.0. The molecule has 0 saturated carbocycles. The van der Waals surface area contributed by atoms with E-state index in [1.807, 2.05) is 12.1 Å². The van der Waals surface area contributed by atoms with Crippen molar-refractivity contribution in [2.75, 3.05) is 7.11 Å². The van der Waals surface area contributed by atoms with Crippen LogP contribution in [0.4, 0.5) is 4.79 Å². The Labute approximate surface area is 136 Å². The summed E-state index contributed by atoms with van der Waals surface area (Å²) in [6, 6.07) is 6.14. The third-order valence-corrected chi connectivity index (χ3v) is 3.78. The molecule has 0 bridgehead atoms. The minimum absolute atomic E-state index is 0.308. The molecule has 0 radical (unpaired) electrons. The number of ether oxygens (including phenoxy) is 2. The molecule has 2 rings (SSSR count). The first-order valence-corrected chi connectivity index (χ1v) is 7.61. The van der Waals surface area contributed by atoms with Crippen molar-refractivity contribution in [3.63, 3.8) is 0 Å². The highest BCUT2D eigenvalue weighted by Crippen LogP contribution is 2.37. The zero-order chi connectivity index (χ0) is 17.2. The van der Waals surface area contributed by atoms with E-state index in [0.717, 1.165) is 5.56 Å². The fourth-order valence-corrected chi connectivity index (χ4v) is 2.78. The van der Waals surface area contributed by atoms with Crippen LogP contribution in [0.2, 0.25) is 0 Å². The van der Waals surface area contributed by atoms with Gasteiger partial charge in [-0.3, -0.25) is 4.90 Å². The van der Waals surface area contributed by atoms with Crippen LogP contribution in [-0.4, -0.2) is 40.8 Å². The molecular weight excluding hydrogens is 298 g/mol. The summed E-state index contributed by atoms with van der Waals surface area (Å²) in [5, 5.41) is 9.41. The summed E-state index contributed by atoms with van der Waals surface area (Å²) in [6.45, 7) is 5.29. The van der Waals surface area contributed by atoms with Crippen LogP contribution in [0.5, 0.6) is 5.75 Å². The van der Waals surface area contributed by atoms with Gasteiger partial charge in [-0.1, -0.05) is 12.1 Å². The number of likely N-dealkylation sites (tertiary alicyclic amines) is 1. The van der Waals surface area contributed by atoms with Crippen LogP contribution in [-0.2, 0) is 9.53 Å². The topological polar surface area (TPSA) is 76.1 Å². The van der Waals surface area contributed by atoms with E-state index in [1.54, 1.807) is 40.0 Å². The van der Waals surface area contributed by atoms with E-state index < -0.39 is 23.7 Å². The first-order valence-electron chi connectivity index (χ1n) is 7.61. The van der Waals surface area contributed by atoms with Crippen LogP contribution < -0.4 is 4.74 Å². The molecule has 1 aromatic carbocycles. The summed E-state index contributed by atoms with van der Waals surface area (Å²) < 4.78 is 10.5. The number of carbonyl (C=O) groups is 2. The lowest BCUT2D eigenvalue weighted by Crippen LogP contribution is -2.44. The number of rotatable bonds is 3. The molecule has 1 aliphatic rings. The zero-order valence-corrected chi connectivity index (χ0v) is 13.9. The molecule has 1 aliphatic heterocycles. The fourth-order valence-electron chi connectivity index (χ4n) is 2.78. The zero-order valence-electron chi connectivity index (χ0n) is 13.9. The summed E-state index contributed by atoms with van der Waals surface area (Å²) in [5.74, 6) is -0.294. The Morgan fingerprint density at radius 1 is 1.17 bits per heavy atom. The number of carbonyl (C=O) groups excluding carboxylic acids is 1. The van der Waals surface area contributed by atoms with Gasteiger partial charge in [0.2, 0.25) is 0 Å². The second kappa shape index (κ2) is 6.48. The smallest absolute Gasteiger partial charge is 0.411 e. The molecule has 0 spiro atoms. The minimum atomic E-state index is -1.01. The summed E-state index contributed by atoms with van der Waals surface area (Å²) in [7, 11) is 1.58. The molecule has 0 aromatic heterocycles. The quantitative estimate of drug-likeness (QED) is 0.925.